The molecule has 0 bridgehead atoms. The second-order valence-electron chi connectivity index (χ2n) is 8.38. The largest absolute Gasteiger partial charge is 0.480 e. The van der Waals surface area contributed by atoms with E-state index in [0.717, 1.165) is 0 Å². The van der Waals surface area contributed by atoms with Gasteiger partial charge in [-0.1, -0.05) is 0 Å². The Hall–Kier alpha value is -3.95. The average Bonchev–Trinajstić information content (AvgIpc) is 3.27. The highest BCUT2D eigenvalue weighted by Crippen LogP contribution is 2.20. The average molecular weight is 514 g/mol. The predicted octanol–water partition coefficient (Wildman–Crippen LogP) is -4.45. The number of hydrogen-bond acceptors (Lipinski definition) is 8. The van der Waals surface area contributed by atoms with Crippen LogP contribution in [0.15, 0.2) is 4.99 Å². The molecule has 1 saturated heterocycles. The van der Waals surface area contributed by atoms with Gasteiger partial charge < -0.3 is 49.3 Å². The van der Waals surface area contributed by atoms with Gasteiger partial charge >= 0.3 is 5.97 Å². The van der Waals surface area contributed by atoms with E-state index < -0.39 is 66.1 Å². The van der Waals surface area contributed by atoms with Crippen molar-refractivity contribution in [2.45, 2.75) is 69.1 Å². The van der Waals surface area contributed by atoms with Gasteiger partial charge in [0, 0.05) is 19.5 Å². The molecular formula is C20H35N9O7. The Bertz CT molecular complexity index is 876. The zero-order chi connectivity index (χ0) is 27.4. The van der Waals surface area contributed by atoms with Crippen molar-refractivity contribution >= 4 is 41.5 Å². The number of guanidine groups is 1. The van der Waals surface area contributed by atoms with Gasteiger partial charge in [0.1, 0.15) is 18.1 Å². The first-order valence-electron chi connectivity index (χ1n) is 11.3. The summed E-state index contributed by atoms with van der Waals surface area (Å²) in [7, 11) is 0. The van der Waals surface area contributed by atoms with Gasteiger partial charge in [0.05, 0.1) is 12.5 Å². The van der Waals surface area contributed by atoms with Crippen molar-refractivity contribution in [2.75, 3.05) is 13.1 Å². The molecule has 0 aromatic heterocycles. The van der Waals surface area contributed by atoms with Crippen LogP contribution in [0, 0.1) is 0 Å². The minimum absolute atomic E-state index is 0.0265. The number of primary amides is 2. The van der Waals surface area contributed by atoms with Crippen LogP contribution in [0.4, 0.5) is 0 Å². The normalized spacial score (nSPS) is 17.4. The number of hydrogen-bond donors (Lipinski definition) is 8. The highest BCUT2D eigenvalue weighted by atomic mass is 16.4. The number of nitrogens with zero attached hydrogens (tertiary/aromatic N) is 2. The Morgan fingerprint density at radius 1 is 0.972 bits per heavy atom. The molecule has 36 heavy (non-hydrogen) atoms. The summed E-state index contributed by atoms with van der Waals surface area (Å²) >= 11 is 0. The van der Waals surface area contributed by atoms with Gasteiger partial charge in [0.15, 0.2) is 5.96 Å². The molecule has 1 fully saturated rings. The van der Waals surface area contributed by atoms with Crippen LogP contribution >= 0.6 is 0 Å². The molecule has 0 radical (unpaired) electrons. The van der Waals surface area contributed by atoms with E-state index in [1.165, 1.54) is 4.90 Å². The first-order valence-corrected chi connectivity index (χ1v) is 11.3. The molecule has 13 N–H and O–H groups in total. The van der Waals surface area contributed by atoms with E-state index in [0.29, 0.717) is 12.8 Å². The lowest BCUT2D eigenvalue weighted by Crippen LogP contribution is -2.57. The second-order valence-corrected chi connectivity index (χ2v) is 8.38. The molecule has 0 saturated carbocycles. The van der Waals surface area contributed by atoms with Crippen LogP contribution in [0.3, 0.4) is 0 Å². The summed E-state index contributed by atoms with van der Waals surface area (Å²) in [5, 5.41) is 14.0. The van der Waals surface area contributed by atoms with Gasteiger partial charge in [-0.25, -0.2) is 4.79 Å². The fourth-order valence-electron chi connectivity index (χ4n) is 3.64. The van der Waals surface area contributed by atoms with Crippen molar-refractivity contribution in [2.24, 2.45) is 33.7 Å². The van der Waals surface area contributed by atoms with Crippen LogP contribution in [0.1, 0.15) is 44.9 Å². The summed E-state index contributed by atoms with van der Waals surface area (Å²) in [6.07, 6.45) is 0.332. The van der Waals surface area contributed by atoms with Crippen molar-refractivity contribution in [1.29, 1.82) is 0 Å². The van der Waals surface area contributed by atoms with Gasteiger partial charge in [0.2, 0.25) is 29.5 Å². The monoisotopic (exact) mass is 513 g/mol. The van der Waals surface area contributed by atoms with E-state index in [1.807, 2.05) is 0 Å². The van der Waals surface area contributed by atoms with E-state index in [1.54, 1.807) is 0 Å². The first-order chi connectivity index (χ1) is 16.8. The second kappa shape index (κ2) is 14.4. The van der Waals surface area contributed by atoms with Gasteiger partial charge in [0.25, 0.3) is 0 Å². The van der Waals surface area contributed by atoms with E-state index in [-0.39, 0.29) is 44.7 Å². The lowest BCUT2D eigenvalue weighted by molar-refractivity contribution is -0.146. The topological polar surface area (TPSA) is 292 Å². The third kappa shape index (κ3) is 10.1. The van der Waals surface area contributed by atoms with Crippen LogP contribution in [-0.2, 0) is 28.8 Å². The van der Waals surface area contributed by atoms with Crippen LogP contribution in [0.25, 0.3) is 0 Å². The summed E-state index contributed by atoms with van der Waals surface area (Å²) < 4.78 is 0. The van der Waals surface area contributed by atoms with Gasteiger partial charge in [-0.2, -0.15) is 0 Å². The Kier molecular flexibility index (Phi) is 12.1. The fourth-order valence-corrected chi connectivity index (χ4v) is 3.64. The molecule has 16 nitrogen and oxygen atoms in total. The Morgan fingerprint density at radius 3 is 2.19 bits per heavy atom. The molecule has 1 rings (SSSR count). The number of carbonyl (C=O) groups excluding carboxylic acids is 5. The van der Waals surface area contributed by atoms with Gasteiger partial charge in [-0.3, -0.25) is 29.0 Å². The molecule has 4 atom stereocenters. The Balaban J connectivity index is 2.99. The first kappa shape index (κ1) is 30.1. The molecule has 5 amide bonds. The lowest BCUT2D eigenvalue weighted by atomic mass is 10.1. The van der Waals surface area contributed by atoms with E-state index in [4.69, 9.17) is 28.7 Å². The summed E-state index contributed by atoms with van der Waals surface area (Å²) in [4.78, 5) is 77.2. The molecule has 0 spiro atoms. The van der Waals surface area contributed by atoms with Crippen LogP contribution in [-0.4, -0.2) is 88.7 Å². The maximum atomic E-state index is 13.4. The maximum Gasteiger partial charge on any atom is 0.326 e. The maximum absolute atomic E-state index is 13.4. The third-order valence-electron chi connectivity index (χ3n) is 5.46. The molecule has 16 heteroatoms. The zero-order valence-corrected chi connectivity index (χ0v) is 19.9. The number of aliphatic carboxylic acids is 1. The molecule has 1 aliphatic heterocycles. The number of nitrogens with two attached hydrogens (primary N) is 5. The number of rotatable bonds is 15. The zero-order valence-electron chi connectivity index (χ0n) is 19.9. The number of aliphatic imine (C=N–C) groups is 1. The molecule has 0 aromatic rings. The fraction of sp³-hybridized carbons (Fsp3) is 0.650. The number of carboxylic acid groups (broad SMARTS) is 1. The molecule has 0 aromatic carbocycles. The number of likely N-dealkylation sites (tertiary alicyclic amines) is 1. The lowest BCUT2D eigenvalue weighted by Gasteiger charge is -2.30. The minimum Gasteiger partial charge on any atom is -0.480 e. The molecular weight excluding hydrogens is 478 g/mol. The van der Waals surface area contributed by atoms with E-state index in [2.05, 4.69) is 15.6 Å². The van der Waals surface area contributed by atoms with E-state index >= 15 is 0 Å². The summed E-state index contributed by atoms with van der Waals surface area (Å²) in [5.74, 6) is -5.19. The van der Waals surface area contributed by atoms with Crippen molar-refractivity contribution in [3.8, 4) is 0 Å². The molecule has 202 valence electrons. The highest BCUT2D eigenvalue weighted by Gasteiger charge is 2.39. The highest BCUT2D eigenvalue weighted by molar-refractivity contribution is 5.95. The smallest absolute Gasteiger partial charge is 0.326 e. The predicted molar refractivity (Wildman–Crippen MR) is 126 cm³/mol. The summed E-state index contributed by atoms with van der Waals surface area (Å²) in [6, 6.07) is -4.77. The summed E-state index contributed by atoms with van der Waals surface area (Å²) in [6.45, 7) is 0.353. The summed E-state index contributed by atoms with van der Waals surface area (Å²) in [5.41, 5.74) is 26.5. The standard InChI is InChI=1S/C20H35N9O7/c21-10(5-6-14(22)30)16(32)27-11(3-1-7-26-20(24)25)18(34)29-8-2-4-13(29)17(33)28-12(19(35)36)9-15(23)31/h10-13H,1-9,21H2,(H2,22,30)(H2,23,31)(H,27,32)(H,28,33)(H,35,36)(H4,24,25,26). The van der Waals surface area contributed by atoms with Gasteiger partial charge in [-0.15, -0.1) is 0 Å². The SMILES string of the molecule is NC(=O)CCC(N)C(=O)NC(CCCN=C(N)N)C(=O)N1CCCC1C(=O)NC(CC(N)=O)C(=O)O. The van der Waals surface area contributed by atoms with Crippen LogP contribution in [0.2, 0.25) is 0 Å². The quantitative estimate of drug-likeness (QED) is 0.0590. The molecule has 1 aliphatic rings. The van der Waals surface area contributed by atoms with E-state index in [9.17, 15) is 33.9 Å². The van der Waals surface area contributed by atoms with Crippen molar-refractivity contribution in [3.63, 3.8) is 0 Å². The Labute approximate surface area is 207 Å². The number of carboxylic acids is 1. The van der Waals surface area contributed by atoms with Crippen molar-refractivity contribution in [3.05, 3.63) is 0 Å². The third-order valence-corrected chi connectivity index (χ3v) is 5.46. The number of carbonyl (C=O) groups is 6. The van der Waals surface area contributed by atoms with Crippen molar-refractivity contribution in [1.82, 2.24) is 15.5 Å². The van der Waals surface area contributed by atoms with Crippen LogP contribution < -0.4 is 39.3 Å². The minimum atomic E-state index is -1.55. The van der Waals surface area contributed by atoms with Crippen molar-refractivity contribution < 1.29 is 33.9 Å². The molecule has 4 unspecified atom stereocenters. The van der Waals surface area contributed by atoms with Gasteiger partial charge in [-0.05, 0) is 32.1 Å². The Morgan fingerprint density at radius 2 is 1.64 bits per heavy atom. The number of nitrogens with one attached hydrogen (secondary N) is 2. The molecule has 0 aliphatic carbocycles. The van der Waals surface area contributed by atoms with Crippen LogP contribution in [0.5, 0.6) is 0 Å². The molecule has 1 heterocycles. The number of amides is 5.